The smallest absolute Gasteiger partial charge is 0.271 e. The Balaban J connectivity index is 1.83. The van der Waals surface area contributed by atoms with Gasteiger partial charge in [-0.1, -0.05) is 12.1 Å². The highest BCUT2D eigenvalue weighted by atomic mass is 32.2. The summed E-state index contributed by atoms with van der Waals surface area (Å²) in [5.41, 5.74) is -0.339. The maximum absolute atomic E-state index is 12.9. The first kappa shape index (κ1) is 18.9. The van der Waals surface area contributed by atoms with E-state index in [1.165, 1.54) is 26.3 Å². The maximum Gasteiger partial charge on any atom is 0.271 e. The molecule has 3 rings (SSSR count). The molecule has 0 saturated carbocycles. The lowest BCUT2D eigenvalue weighted by molar-refractivity contribution is -0.385. The van der Waals surface area contributed by atoms with Gasteiger partial charge in [-0.2, -0.15) is 4.31 Å². The Bertz CT molecular complexity index is 962. The number of hydrogen-bond acceptors (Lipinski definition) is 7. The standard InChI is InChI=1S/C17H18N2O7S/c1-18(10-13-11-25-14-5-3-4-6-15(14)26-13)27(22,23)17-9-12(19(20)21)7-8-16(17)24-2/h3-9,13H,10-11H2,1-2H3/t13-/m0/s1. The van der Waals surface area contributed by atoms with Gasteiger partial charge in [-0.25, -0.2) is 8.42 Å². The molecule has 1 aliphatic rings. The van der Waals surface area contributed by atoms with Crippen LogP contribution in [-0.2, 0) is 10.0 Å². The van der Waals surface area contributed by atoms with Gasteiger partial charge in [0.25, 0.3) is 5.69 Å². The summed E-state index contributed by atoms with van der Waals surface area (Å²) >= 11 is 0. The average molecular weight is 394 g/mol. The van der Waals surface area contributed by atoms with Crippen LogP contribution in [0.1, 0.15) is 0 Å². The van der Waals surface area contributed by atoms with Crippen molar-refractivity contribution in [3.63, 3.8) is 0 Å². The van der Waals surface area contributed by atoms with Crippen molar-refractivity contribution in [1.82, 2.24) is 4.31 Å². The molecule has 10 heteroatoms. The minimum Gasteiger partial charge on any atom is -0.495 e. The maximum atomic E-state index is 12.9. The summed E-state index contributed by atoms with van der Waals surface area (Å²) in [6, 6.07) is 10.5. The van der Waals surface area contributed by atoms with Gasteiger partial charge in [-0.3, -0.25) is 10.1 Å². The highest BCUT2D eigenvalue weighted by Crippen LogP contribution is 2.33. The highest BCUT2D eigenvalue weighted by Gasteiger charge is 2.31. The van der Waals surface area contributed by atoms with Gasteiger partial charge in [0.15, 0.2) is 11.5 Å². The van der Waals surface area contributed by atoms with Crippen LogP contribution in [0.25, 0.3) is 0 Å². The number of non-ortho nitro benzene ring substituents is 1. The molecule has 0 N–H and O–H groups in total. The van der Waals surface area contributed by atoms with E-state index in [0.29, 0.717) is 11.5 Å². The van der Waals surface area contributed by atoms with Crippen LogP contribution < -0.4 is 14.2 Å². The molecular weight excluding hydrogens is 376 g/mol. The first-order valence-electron chi connectivity index (χ1n) is 8.00. The Morgan fingerprint density at radius 1 is 1.26 bits per heavy atom. The predicted molar refractivity (Wildman–Crippen MR) is 95.8 cm³/mol. The molecule has 0 fully saturated rings. The number of fused-ring (bicyclic) bond motifs is 1. The van der Waals surface area contributed by atoms with Crippen molar-refractivity contribution in [2.45, 2.75) is 11.0 Å². The molecule has 2 aromatic rings. The Morgan fingerprint density at radius 2 is 1.96 bits per heavy atom. The van der Waals surface area contributed by atoms with E-state index in [0.717, 1.165) is 10.4 Å². The van der Waals surface area contributed by atoms with E-state index < -0.39 is 21.1 Å². The number of para-hydroxylation sites is 2. The molecule has 0 amide bonds. The summed E-state index contributed by atoms with van der Waals surface area (Å²) in [6.45, 7) is 0.186. The van der Waals surface area contributed by atoms with Crippen molar-refractivity contribution >= 4 is 15.7 Å². The molecule has 144 valence electrons. The van der Waals surface area contributed by atoms with Gasteiger partial charge < -0.3 is 14.2 Å². The first-order chi connectivity index (χ1) is 12.8. The normalized spacial score (nSPS) is 16.2. The van der Waals surface area contributed by atoms with Crippen molar-refractivity contribution in [2.75, 3.05) is 27.3 Å². The van der Waals surface area contributed by atoms with Gasteiger partial charge in [-0.05, 0) is 18.2 Å². The van der Waals surface area contributed by atoms with E-state index in [2.05, 4.69) is 0 Å². The van der Waals surface area contributed by atoms with Crippen molar-refractivity contribution in [2.24, 2.45) is 0 Å². The van der Waals surface area contributed by atoms with Gasteiger partial charge in [0.05, 0.1) is 18.6 Å². The molecule has 0 aromatic heterocycles. The molecule has 1 heterocycles. The molecule has 0 unspecified atom stereocenters. The van der Waals surface area contributed by atoms with Gasteiger partial charge in [0.1, 0.15) is 23.4 Å². The molecule has 2 aromatic carbocycles. The molecule has 0 spiro atoms. The molecule has 9 nitrogen and oxygen atoms in total. The summed E-state index contributed by atoms with van der Waals surface area (Å²) in [4.78, 5) is 10.1. The number of methoxy groups -OCH3 is 1. The summed E-state index contributed by atoms with van der Waals surface area (Å²) in [5, 5.41) is 11.0. The number of nitrogens with zero attached hydrogens (tertiary/aromatic N) is 2. The third-order valence-corrected chi connectivity index (χ3v) is 5.92. The zero-order chi connectivity index (χ0) is 19.6. The largest absolute Gasteiger partial charge is 0.495 e. The van der Waals surface area contributed by atoms with Crippen LogP contribution >= 0.6 is 0 Å². The second-order valence-electron chi connectivity index (χ2n) is 5.88. The number of sulfonamides is 1. The fraction of sp³-hybridized carbons (Fsp3) is 0.294. The minimum atomic E-state index is -4.05. The second kappa shape index (κ2) is 7.41. The zero-order valence-corrected chi connectivity index (χ0v) is 15.5. The van der Waals surface area contributed by atoms with E-state index in [-0.39, 0.29) is 29.5 Å². The number of ether oxygens (including phenoxy) is 3. The van der Waals surface area contributed by atoms with E-state index in [9.17, 15) is 18.5 Å². The third kappa shape index (κ3) is 3.81. The minimum absolute atomic E-state index is 0.00249. The van der Waals surface area contributed by atoms with Crippen LogP contribution in [0.4, 0.5) is 5.69 Å². The first-order valence-corrected chi connectivity index (χ1v) is 9.44. The van der Waals surface area contributed by atoms with Crippen LogP contribution in [0.5, 0.6) is 17.2 Å². The van der Waals surface area contributed by atoms with Crippen LogP contribution in [0.3, 0.4) is 0 Å². The summed E-state index contributed by atoms with van der Waals surface area (Å²) in [5.74, 6) is 1.16. The molecule has 0 aliphatic carbocycles. The fourth-order valence-corrected chi connectivity index (χ4v) is 4.06. The van der Waals surface area contributed by atoms with Crippen LogP contribution in [0, 0.1) is 10.1 Å². The SMILES string of the molecule is COc1ccc([N+](=O)[O-])cc1S(=O)(=O)N(C)C[C@H]1COc2ccccc2O1. The van der Waals surface area contributed by atoms with Gasteiger partial charge >= 0.3 is 0 Å². The third-order valence-electron chi connectivity index (χ3n) is 4.07. The summed E-state index contributed by atoms with van der Waals surface area (Å²) in [7, 11) is -1.37. The van der Waals surface area contributed by atoms with Crippen LogP contribution in [-0.4, -0.2) is 51.1 Å². The van der Waals surface area contributed by atoms with Crippen molar-refractivity contribution in [3.8, 4) is 17.2 Å². The Kier molecular flexibility index (Phi) is 5.19. The predicted octanol–water partition coefficient (Wildman–Crippen LogP) is 2.06. The Labute approximate surface area is 156 Å². The van der Waals surface area contributed by atoms with Gasteiger partial charge in [0, 0.05) is 19.2 Å². The lowest BCUT2D eigenvalue weighted by Crippen LogP contribution is -2.41. The quantitative estimate of drug-likeness (QED) is 0.545. The molecule has 0 saturated heterocycles. The topological polar surface area (TPSA) is 108 Å². The Morgan fingerprint density at radius 3 is 2.63 bits per heavy atom. The summed E-state index contributed by atoms with van der Waals surface area (Å²) < 4.78 is 43.4. The Hall–Kier alpha value is -2.85. The number of benzene rings is 2. The molecule has 1 aliphatic heterocycles. The van der Waals surface area contributed by atoms with E-state index in [1.54, 1.807) is 18.2 Å². The monoisotopic (exact) mass is 394 g/mol. The van der Waals surface area contributed by atoms with Crippen LogP contribution in [0.15, 0.2) is 47.4 Å². The molecule has 0 radical (unpaired) electrons. The number of hydrogen-bond donors (Lipinski definition) is 0. The zero-order valence-electron chi connectivity index (χ0n) is 14.7. The number of nitro benzene ring substituents is 1. The number of nitro groups is 1. The van der Waals surface area contributed by atoms with E-state index in [4.69, 9.17) is 14.2 Å². The lowest BCUT2D eigenvalue weighted by Gasteiger charge is -2.29. The van der Waals surface area contributed by atoms with E-state index >= 15 is 0 Å². The molecule has 0 bridgehead atoms. The van der Waals surface area contributed by atoms with Crippen molar-refractivity contribution < 1.29 is 27.6 Å². The fourth-order valence-electron chi connectivity index (χ4n) is 2.69. The average Bonchev–Trinajstić information content (AvgIpc) is 2.67. The molecular formula is C17H18N2O7S. The number of rotatable bonds is 6. The van der Waals surface area contributed by atoms with Crippen LogP contribution in [0.2, 0.25) is 0 Å². The van der Waals surface area contributed by atoms with E-state index in [1.807, 2.05) is 6.07 Å². The van der Waals surface area contributed by atoms with Gasteiger partial charge in [0.2, 0.25) is 10.0 Å². The van der Waals surface area contributed by atoms with Gasteiger partial charge in [-0.15, -0.1) is 0 Å². The highest BCUT2D eigenvalue weighted by molar-refractivity contribution is 7.89. The lowest BCUT2D eigenvalue weighted by atomic mass is 10.2. The molecule has 1 atom stereocenters. The summed E-state index contributed by atoms with van der Waals surface area (Å²) in [6.07, 6.45) is -0.524. The number of likely N-dealkylation sites (N-methyl/N-ethyl adjacent to an activating group) is 1. The molecule has 27 heavy (non-hydrogen) atoms. The van der Waals surface area contributed by atoms with Crippen molar-refractivity contribution in [1.29, 1.82) is 0 Å². The van der Waals surface area contributed by atoms with Crippen molar-refractivity contribution in [3.05, 3.63) is 52.6 Å². The second-order valence-corrected chi connectivity index (χ2v) is 7.89.